The van der Waals surface area contributed by atoms with E-state index in [1.54, 1.807) is 37.4 Å². The van der Waals surface area contributed by atoms with Crippen molar-refractivity contribution in [2.45, 2.75) is 16.5 Å². The third kappa shape index (κ3) is 3.38. The van der Waals surface area contributed by atoms with Crippen molar-refractivity contribution in [2.24, 2.45) is 5.92 Å². The van der Waals surface area contributed by atoms with Crippen LogP contribution in [0.2, 0.25) is 0 Å². The van der Waals surface area contributed by atoms with E-state index in [2.05, 4.69) is 0 Å². The number of halogens is 1. The molecule has 1 aromatic rings. The maximum absolute atomic E-state index is 12.6. The minimum Gasteiger partial charge on any atom is -0.308 e. The quantitative estimate of drug-likeness (QED) is 0.515. The van der Waals surface area contributed by atoms with Gasteiger partial charge in [-0.25, -0.2) is 8.42 Å². The first-order chi connectivity index (χ1) is 10.9. The Labute approximate surface area is 140 Å². The van der Waals surface area contributed by atoms with Crippen molar-refractivity contribution in [2.75, 3.05) is 0 Å². The van der Waals surface area contributed by atoms with E-state index in [9.17, 15) is 8.42 Å². The minimum atomic E-state index is -3.69. The van der Waals surface area contributed by atoms with E-state index in [0.29, 0.717) is 5.57 Å². The van der Waals surface area contributed by atoms with E-state index in [4.69, 9.17) is 22.3 Å². The fourth-order valence-electron chi connectivity index (χ4n) is 2.20. The molecule has 0 saturated heterocycles. The molecule has 5 nitrogen and oxygen atoms in total. The van der Waals surface area contributed by atoms with Gasteiger partial charge in [0.2, 0.25) is 0 Å². The van der Waals surface area contributed by atoms with Gasteiger partial charge in [-0.3, -0.25) is 5.41 Å². The summed E-state index contributed by atoms with van der Waals surface area (Å²) in [6.07, 6.45) is 4.72. The summed E-state index contributed by atoms with van der Waals surface area (Å²) in [5.41, 5.74) is 0.686. The predicted molar refractivity (Wildman–Crippen MR) is 88.3 cm³/mol. The van der Waals surface area contributed by atoms with Gasteiger partial charge in [0.15, 0.2) is 15.5 Å². The van der Waals surface area contributed by atoms with E-state index < -0.39 is 20.5 Å². The summed E-state index contributed by atoms with van der Waals surface area (Å²) in [4.78, 5) is 1.58. The first-order valence-corrected chi connectivity index (χ1v) is 8.68. The molecule has 0 saturated carbocycles. The molecule has 1 aromatic carbocycles. The normalized spacial score (nSPS) is 18.6. The van der Waals surface area contributed by atoms with Crippen molar-refractivity contribution in [1.82, 2.24) is 4.90 Å². The van der Waals surface area contributed by atoms with E-state index in [1.165, 1.54) is 23.2 Å². The van der Waals surface area contributed by atoms with Crippen LogP contribution in [0.3, 0.4) is 0 Å². The van der Waals surface area contributed by atoms with Gasteiger partial charge < -0.3 is 4.90 Å². The van der Waals surface area contributed by atoms with Gasteiger partial charge in [0.05, 0.1) is 4.90 Å². The van der Waals surface area contributed by atoms with Crippen molar-refractivity contribution in [3.8, 4) is 6.07 Å². The molecule has 1 heterocycles. The number of rotatable bonds is 4. The average molecular weight is 348 g/mol. The highest BCUT2D eigenvalue weighted by Gasteiger charge is 2.34. The molecule has 1 aliphatic rings. The lowest BCUT2D eigenvalue weighted by Gasteiger charge is -2.26. The van der Waals surface area contributed by atoms with Crippen LogP contribution in [0.4, 0.5) is 0 Å². The van der Waals surface area contributed by atoms with Crippen molar-refractivity contribution in [1.29, 1.82) is 10.7 Å². The summed E-state index contributed by atoms with van der Waals surface area (Å²) in [6.45, 7) is 1.73. The second-order valence-electron chi connectivity index (χ2n) is 4.94. The monoisotopic (exact) mass is 347 g/mol. The maximum atomic E-state index is 12.6. The number of nitrogens with zero attached hydrogens (tertiary/aromatic N) is 2. The fourth-order valence-corrected chi connectivity index (χ4v) is 4.28. The van der Waals surface area contributed by atoms with Gasteiger partial charge >= 0.3 is 0 Å². The molecule has 2 atom stereocenters. The average Bonchev–Trinajstić information content (AvgIpc) is 2.56. The number of nitriles is 1. The molecule has 2 unspecified atom stereocenters. The molecule has 0 aliphatic carbocycles. The number of benzene rings is 1. The van der Waals surface area contributed by atoms with Gasteiger partial charge in [-0.2, -0.15) is 5.26 Å². The topological polar surface area (TPSA) is 85.0 Å². The number of nitrogens with one attached hydrogen (secondary N) is 1. The summed E-state index contributed by atoms with van der Waals surface area (Å²) in [5, 5.41) is 16.0. The van der Waals surface area contributed by atoms with E-state index in [-0.39, 0.29) is 10.6 Å². The summed E-state index contributed by atoms with van der Waals surface area (Å²) < 4.78 is 24.0. The molecule has 0 spiro atoms. The predicted octanol–water partition coefficient (Wildman–Crippen LogP) is 3.03. The van der Waals surface area contributed by atoms with E-state index >= 15 is 0 Å². The third-order valence-corrected chi connectivity index (χ3v) is 6.25. The Balaban J connectivity index is 2.31. The van der Waals surface area contributed by atoms with Crippen LogP contribution >= 0.6 is 11.6 Å². The van der Waals surface area contributed by atoms with Crippen molar-refractivity contribution >= 4 is 27.3 Å². The van der Waals surface area contributed by atoms with E-state index in [0.717, 1.165) is 0 Å². The summed E-state index contributed by atoms with van der Waals surface area (Å²) >= 11 is 6.25. The van der Waals surface area contributed by atoms with Crippen LogP contribution in [-0.4, -0.2) is 23.9 Å². The highest BCUT2D eigenvalue weighted by Crippen LogP contribution is 2.32. The first kappa shape index (κ1) is 17.0. The Morgan fingerprint density at radius 1 is 1.39 bits per heavy atom. The minimum absolute atomic E-state index is 0.0103. The lowest BCUT2D eigenvalue weighted by Crippen LogP contribution is -2.28. The van der Waals surface area contributed by atoms with Crippen LogP contribution in [0.15, 0.2) is 65.0 Å². The van der Waals surface area contributed by atoms with Gasteiger partial charge in [-0.05, 0) is 24.6 Å². The molecule has 0 bridgehead atoms. The van der Waals surface area contributed by atoms with Gasteiger partial charge in [0, 0.05) is 24.2 Å². The molecule has 1 N–H and O–H groups in total. The second kappa shape index (κ2) is 6.84. The zero-order valence-electron chi connectivity index (χ0n) is 12.3. The van der Waals surface area contributed by atoms with Crippen LogP contribution in [0.5, 0.6) is 0 Å². The molecule has 1 aliphatic heterocycles. The van der Waals surface area contributed by atoms with Crippen LogP contribution in [0.25, 0.3) is 0 Å². The fraction of sp³-hybridized carbons (Fsp3) is 0.188. The molecule has 0 radical (unpaired) electrons. The Morgan fingerprint density at radius 3 is 2.57 bits per heavy atom. The van der Waals surface area contributed by atoms with Crippen LogP contribution in [-0.2, 0) is 9.84 Å². The highest BCUT2D eigenvalue weighted by molar-refractivity contribution is 7.93. The summed E-state index contributed by atoms with van der Waals surface area (Å²) in [6, 6.07) is 9.88. The standard InChI is InChI=1S/C16H14ClN3O2S/c1-12-11-20(13(9-18)10-19)8-7-15(12)16(17)23(21,22)14-5-3-2-4-6-14/h2-8,11,15-16,18H,1H3. The second-order valence-corrected chi connectivity index (χ2v) is 7.74. The number of hydrogen-bond donors (Lipinski definition) is 1. The lowest BCUT2D eigenvalue weighted by molar-refractivity contribution is 0.570. The Hall–Kier alpha value is -2.32. The van der Waals surface area contributed by atoms with Crippen molar-refractivity contribution < 1.29 is 8.42 Å². The Bertz CT molecular complexity index is 847. The molecule has 2 rings (SSSR count). The van der Waals surface area contributed by atoms with Crippen molar-refractivity contribution in [3.05, 3.63) is 60.1 Å². The highest BCUT2D eigenvalue weighted by atomic mass is 35.5. The van der Waals surface area contributed by atoms with Crippen molar-refractivity contribution in [3.63, 3.8) is 0 Å². The van der Waals surface area contributed by atoms with Gasteiger partial charge in [-0.15, -0.1) is 11.6 Å². The number of allylic oxidation sites excluding steroid dienone is 3. The van der Waals surface area contributed by atoms with E-state index in [1.807, 2.05) is 11.9 Å². The summed E-state index contributed by atoms with van der Waals surface area (Å²) in [7, 11) is -3.69. The lowest BCUT2D eigenvalue weighted by atomic mass is 10.0. The van der Waals surface area contributed by atoms with Gasteiger partial charge in [-0.1, -0.05) is 24.3 Å². The molecular weight excluding hydrogens is 334 g/mol. The van der Waals surface area contributed by atoms with Gasteiger partial charge in [0.1, 0.15) is 10.8 Å². The van der Waals surface area contributed by atoms with Gasteiger partial charge in [0.25, 0.3) is 0 Å². The molecule has 0 aromatic heterocycles. The Morgan fingerprint density at radius 2 is 2.04 bits per heavy atom. The smallest absolute Gasteiger partial charge is 0.196 e. The molecule has 23 heavy (non-hydrogen) atoms. The maximum Gasteiger partial charge on any atom is 0.196 e. The molecule has 0 fully saturated rings. The first-order valence-electron chi connectivity index (χ1n) is 6.69. The number of hydrogen-bond acceptors (Lipinski definition) is 5. The Kier molecular flexibility index (Phi) is 5.07. The molecule has 118 valence electrons. The van der Waals surface area contributed by atoms with Crippen LogP contribution in [0, 0.1) is 22.7 Å². The zero-order valence-corrected chi connectivity index (χ0v) is 13.8. The third-order valence-electron chi connectivity index (χ3n) is 3.46. The largest absolute Gasteiger partial charge is 0.308 e. The number of alkyl halides is 1. The van der Waals surface area contributed by atoms with Crippen LogP contribution in [0.1, 0.15) is 6.92 Å². The number of sulfone groups is 1. The molecular formula is C16H14ClN3O2S. The molecule has 0 amide bonds. The SMILES string of the molecule is CC1=CN(C(=C=N)C#N)C=CC1C(Cl)S(=O)(=O)c1ccccc1. The summed E-state index contributed by atoms with van der Waals surface area (Å²) in [5.74, 6) is 1.50. The van der Waals surface area contributed by atoms with Crippen LogP contribution < -0.4 is 0 Å². The molecule has 7 heteroatoms. The zero-order chi connectivity index (χ0) is 17.0.